The van der Waals surface area contributed by atoms with E-state index in [1.807, 2.05) is 0 Å². The molecule has 2 aliphatic rings. The van der Waals surface area contributed by atoms with Crippen molar-refractivity contribution in [3.05, 3.63) is 34.9 Å². The Kier molecular flexibility index (Phi) is 4.47. The second-order valence-corrected chi connectivity index (χ2v) is 6.33. The third kappa shape index (κ3) is 2.85. The van der Waals surface area contributed by atoms with Crippen LogP contribution in [0.15, 0.2) is 24.3 Å². The zero-order chi connectivity index (χ0) is 17.3. The summed E-state index contributed by atoms with van der Waals surface area (Å²) >= 11 is 6.17. The first kappa shape index (κ1) is 16.7. The molecule has 2 fully saturated rings. The summed E-state index contributed by atoms with van der Waals surface area (Å²) in [7, 11) is 0. The Morgan fingerprint density at radius 1 is 1.29 bits per heavy atom. The number of nitrogens with zero attached hydrogens (tertiary/aromatic N) is 2. The summed E-state index contributed by atoms with van der Waals surface area (Å²) in [5.41, 5.74) is -0.771. The summed E-state index contributed by atoms with van der Waals surface area (Å²) in [6.07, 6.45) is 0. The van der Waals surface area contributed by atoms with E-state index in [-0.39, 0.29) is 12.5 Å². The van der Waals surface area contributed by atoms with Crippen LogP contribution in [-0.4, -0.2) is 60.5 Å². The van der Waals surface area contributed by atoms with Crippen molar-refractivity contribution in [1.82, 2.24) is 15.1 Å². The van der Waals surface area contributed by atoms with E-state index in [9.17, 15) is 14.4 Å². The van der Waals surface area contributed by atoms with Crippen LogP contribution in [0.5, 0.6) is 0 Å². The number of amides is 4. The van der Waals surface area contributed by atoms with Gasteiger partial charge in [0.15, 0.2) is 0 Å². The van der Waals surface area contributed by atoms with Crippen LogP contribution in [0.25, 0.3) is 0 Å². The molecule has 4 amide bonds. The van der Waals surface area contributed by atoms with Crippen molar-refractivity contribution in [2.45, 2.75) is 12.5 Å². The second kappa shape index (κ2) is 6.41. The number of nitrogens with one attached hydrogen (secondary N) is 1. The summed E-state index contributed by atoms with van der Waals surface area (Å²) in [5.74, 6) is -0.757. The molecule has 0 bridgehead atoms. The van der Waals surface area contributed by atoms with Crippen molar-refractivity contribution in [2.75, 3.05) is 32.8 Å². The lowest BCUT2D eigenvalue weighted by molar-refractivity contribution is -0.141. The number of rotatable bonds is 3. The molecule has 8 heteroatoms. The SMILES string of the molecule is C[C@]1(c2ccccc2Cl)NC(=O)N(CC(=O)N2CCOCC2)C1=O. The second-order valence-electron chi connectivity index (χ2n) is 5.92. The smallest absolute Gasteiger partial charge is 0.325 e. The number of imide groups is 1. The highest BCUT2D eigenvalue weighted by Gasteiger charge is 2.50. The van der Waals surface area contributed by atoms with E-state index in [1.54, 1.807) is 36.1 Å². The van der Waals surface area contributed by atoms with Gasteiger partial charge in [-0.3, -0.25) is 14.5 Å². The lowest BCUT2D eigenvalue weighted by Crippen LogP contribution is -2.47. The zero-order valence-corrected chi connectivity index (χ0v) is 14.0. The summed E-state index contributed by atoms with van der Waals surface area (Å²) < 4.78 is 5.20. The minimum absolute atomic E-state index is 0.273. The molecule has 0 radical (unpaired) electrons. The molecule has 1 N–H and O–H groups in total. The van der Waals surface area contributed by atoms with Crippen molar-refractivity contribution in [2.24, 2.45) is 0 Å². The van der Waals surface area contributed by atoms with Crippen LogP contribution in [0.2, 0.25) is 5.02 Å². The fraction of sp³-hybridized carbons (Fsp3) is 0.438. The molecule has 0 unspecified atom stereocenters. The van der Waals surface area contributed by atoms with Crippen LogP contribution in [0.4, 0.5) is 4.79 Å². The molecule has 1 aromatic carbocycles. The highest BCUT2D eigenvalue weighted by molar-refractivity contribution is 6.32. The normalized spacial score (nSPS) is 24.2. The summed E-state index contributed by atoms with van der Waals surface area (Å²) in [4.78, 5) is 39.9. The third-order valence-electron chi connectivity index (χ3n) is 4.34. The molecular formula is C16H18ClN3O4. The van der Waals surface area contributed by atoms with Gasteiger partial charge in [0.05, 0.1) is 13.2 Å². The van der Waals surface area contributed by atoms with Gasteiger partial charge < -0.3 is 15.0 Å². The van der Waals surface area contributed by atoms with E-state index < -0.39 is 17.5 Å². The van der Waals surface area contributed by atoms with Crippen molar-refractivity contribution < 1.29 is 19.1 Å². The molecule has 0 saturated carbocycles. The standard InChI is InChI=1S/C16H18ClN3O4/c1-16(11-4-2-3-5-12(11)17)14(22)20(15(23)18-16)10-13(21)19-6-8-24-9-7-19/h2-5H,6-10H2,1H3,(H,18,23)/t16-/m1/s1. The molecule has 3 rings (SSSR count). The van der Waals surface area contributed by atoms with Crippen LogP contribution >= 0.6 is 11.6 Å². The Hall–Kier alpha value is -2.12. The van der Waals surface area contributed by atoms with Crippen LogP contribution in [0.1, 0.15) is 12.5 Å². The Balaban J connectivity index is 1.79. The highest BCUT2D eigenvalue weighted by Crippen LogP contribution is 2.33. The number of morpholine rings is 1. The van der Waals surface area contributed by atoms with Gasteiger partial charge in [-0.15, -0.1) is 0 Å². The lowest BCUT2D eigenvalue weighted by atomic mass is 9.92. The lowest BCUT2D eigenvalue weighted by Gasteiger charge is -2.28. The predicted octanol–water partition coefficient (Wildman–Crippen LogP) is 0.966. The number of halogens is 1. The molecule has 0 spiro atoms. The Bertz CT molecular complexity index is 690. The van der Waals surface area contributed by atoms with Gasteiger partial charge in [0.2, 0.25) is 5.91 Å². The number of hydrogen-bond donors (Lipinski definition) is 1. The van der Waals surface area contributed by atoms with Gasteiger partial charge in [-0.2, -0.15) is 0 Å². The summed E-state index contributed by atoms with van der Waals surface area (Å²) in [5, 5.41) is 3.04. The number of carbonyl (C=O) groups is 3. The third-order valence-corrected chi connectivity index (χ3v) is 4.67. The first-order chi connectivity index (χ1) is 11.4. The van der Waals surface area contributed by atoms with E-state index in [2.05, 4.69) is 5.32 Å². The molecule has 7 nitrogen and oxygen atoms in total. The highest BCUT2D eigenvalue weighted by atomic mass is 35.5. The molecule has 2 heterocycles. The van der Waals surface area contributed by atoms with Gasteiger partial charge >= 0.3 is 6.03 Å². The quantitative estimate of drug-likeness (QED) is 0.823. The molecule has 0 aliphatic carbocycles. The molecule has 1 aromatic rings. The Morgan fingerprint density at radius 3 is 2.62 bits per heavy atom. The number of ether oxygens (including phenoxy) is 1. The van der Waals surface area contributed by atoms with Gasteiger partial charge in [0.25, 0.3) is 5.91 Å². The number of carbonyl (C=O) groups excluding carboxylic acids is 3. The maximum atomic E-state index is 12.8. The first-order valence-electron chi connectivity index (χ1n) is 7.68. The summed E-state index contributed by atoms with van der Waals surface area (Å²) in [6.45, 7) is 3.15. The van der Waals surface area contributed by atoms with Crippen molar-refractivity contribution in [3.8, 4) is 0 Å². The van der Waals surface area contributed by atoms with Crippen LogP contribution in [0.3, 0.4) is 0 Å². The number of urea groups is 1. The van der Waals surface area contributed by atoms with Crippen molar-refractivity contribution in [3.63, 3.8) is 0 Å². The molecular weight excluding hydrogens is 334 g/mol. The average Bonchev–Trinajstić information content (AvgIpc) is 2.80. The topological polar surface area (TPSA) is 79.0 Å². The Labute approximate surface area is 144 Å². The average molecular weight is 352 g/mol. The molecule has 0 aromatic heterocycles. The van der Waals surface area contributed by atoms with E-state index in [4.69, 9.17) is 16.3 Å². The number of hydrogen-bond acceptors (Lipinski definition) is 4. The van der Waals surface area contributed by atoms with Gasteiger partial charge in [0.1, 0.15) is 12.1 Å². The predicted molar refractivity (Wildman–Crippen MR) is 86.4 cm³/mol. The van der Waals surface area contributed by atoms with Crippen LogP contribution in [-0.2, 0) is 19.9 Å². The maximum absolute atomic E-state index is 12.8. The first-order valence-corrected chi connectivity index (χ1v) is 8.06. The molecule has 24 heavy (non-hydrogen) atoms. The zero-order valence-electron chi connectivity index (χ0n) is 13.3. The van der Waals surface area contributed by atoms with Crippen molar-refractivity contribution in [1.29, 1.82) is 0 Å². The summed E-state index contributed by atoms with van der Waals surface area (Å²) in [6, 6.07) is 6.24. The largest absolute Gasteiger partial charge is 0.378 e. The van der Waals surface area contributed by atoms with E-state index in [1.165, 1.54) is 0 Å². The van der Waals surface area contributed by atoms with Gasteiger partial charge in [-0.25, -0.2) is 4.79 Å². The van der Waals surface area contributed by atoms with Crippen molar-refractivity contribution >= 4 is 29.4 Å². The minimum atomic E-state index is -1.28. The number of benzene rings is 1. The fourth-order valence-electron chi connectivity index (χ4n) is 2.94. The molecule has 128 valence electrons. The molecule has 2 aliphatic heterocycles. The maximum Gasteiger partial charge on any atom is 0.325 e. The van der Waals surface area contributed by atoms with Crippen LogP contribution < -0.4 is 5.32 Å². The van der Waals surface area contributed by atoms with E-state index >= 15 is 0 Å². The van der Waals surface area contributed by atoms with E-state index in [0.29, 0.717) is 36.9 Å². The fourth-order valence-corrected chi connectivity index (χ4v) is 3.26. The van der Waals surface area contributed by atoms with Gasteiger partial charge in [-0.05, 0) is 13.0 Å². The Morgan fingerprint density at radius 2 is 1.96 bits per heavy atom. The minimum Gasteiger partial charge on any atom is -0.378 e. The molecule has 2 saturated heterocycles. The van der Waals surface area contributed by atoms with E-state index in [0.717, 1.165) is 4.90 Å². The van der Waals surface area contributed by atoms with Crippen LogP contribution in [0, 0.1) is 0 Å². The molecule has 1 atom stereocenters. The van der Waals surface area contributed by atoms with Gasteiger partial charge in [0, 0.05) is 23.7 Å². The van der Waals surface area contributed by atoms with Gasteiger partial charge in [-0.1, -0.05) is 29.8 Å². The monoisotopic (exact) mass is 351 g/mol.